The van der Waals surface area contributed by atoms with Crippen molar-refractivity contribution in [3.8, 4) is 11.6 Å². The lowest BCUT2D eigenvalue weighted by atomic mass is 10.2. The third kappa shape index (κ3) is 2.08. The van der Waals surface area contributed by atoms with Crippen LogP contribution in [0.2, 0.25) is 0 Å². The lowest BCUT2D eigenvalue weighted by Crippen LogP contribution is -2.10. The van der Waals surface area contributed by atoms with Gasteiger partial charge >= 0.3 is 0 Å². The molecule has 2 aliphatic rings. The van der Waals surface area contributed by atoms with E-state index in [9.17, 15) is 0 Å². The molecular weight excluding hydrogens is 252 g/mol. The quantitative estimate of drug-likeness (QED) is 0.659. The van der Waals surface area contributed by atoms with E-state index in [4.69, 9.17) is 10.3 Å². The zero-order valence-corrected chi connectivity index (χ0v) is 11.5. The second-order valence-electron chi connectivity index (χ2n) is 5.94. The van der Waals surface area contributed by atoms with Gasteiger partial charge in [-0.05, 0) is 37.3 Å². The van der Waals surface area contributed by atoms with Gasteiger partial charge in [0.2, 0.25) is 0 Å². The van der Waals surface area contributed by atoms with Crippen molar-refractivity contribution in [3.63, 3.8) is 0 Å². The van der Waals surface area contributed by atoms with Crippen molar-refractivity contribution in [2.24, 2.45) is 11.8 Å². The van der Waals surface area contributed by atoms with Crippen molar-refractivity contribution in [3.05, 3.63) is 29.7 Å². The van der Waals surface area contributed by atoms with E-state index in [1.807, 2.05) is 18.2 Å². The summed E-state index contributed by atoms with van der Waals surface area (Å²) in [5, 5.41) is 0. The van der Waals surface area contributed by atoms with Crippen LogP contribution in [-0.4, -0.2) is 9.97 Å². The molecule has 2 atom stereocenters. The number of hydrazine groups is 1. The Morgan fingerprint density at radius 1 is 1.30 bits per heavy atom. The van der Waals surface area contributed by atoms with Gasteiger partial charge in [-0.15, -0.1) is 0 Å². The molecule has 5 nitrogen and oxygen atoms in total. The molecule has 4 rings (SSSR count). The van der Waals surface area contributed by atoms with E-state index >= 15 is 0 Å². The van der Waals surface area contributed by atoms with Crippen LogP contribution >= 0.6 is 0 Å². The largest absolute Gasteiger partial charge is 0.457 e. The maximum absolute atomic E-state index is 5.93. The maximum atomic E-state index is 5.93. The zero-order valence-electron chi connectivity index (χ0n) is 11.5. The van der Waals surface area contributed by atoms with E-state index < -0.39 is 0 Å². The standard InChI is InChI=1S/C15H18N4O/c1-8-6-10(8)12-4-5-13(20-12)15-17-11(9-2-3-9)7-14(18-15)19-16/h4-5,7-10H,2-3,6,16H2,1H3,(H,17,18,19). The summed E-state index contributed by atoms with van der Waals surface area (Å²) in [7, 11) is 0. The predicted molar refractivity (Wildman–Crippen MR) is 76.0 cm³/mol. The minimum atomic E-state index is 0.557. The number of rotatable bonds is 4. The molecule has 3 N–H and O–H groups in total. The van der Waals surface area contributed by atoms with Gasteiger partial charge in [-0.2, -0.15) is 0 Å². The van der Waals surface area contributed by atoms with Crippen LogP contribution in [0.3, 0.4) is 0 Å². The first-order valence-corrected chi connectivity index (χ1v) is 7.20. The zero-order chi connectivity index (χ0) is 13.7. The summed E-state index contributed by atoms with van der Waals surface area (Å²) in [6.07, 6.45) is 3.61. The summed E-state index contributed by atoms with van der Waals surface area (Å²) in [6, 6.07) is 5.94. The van der Waals surface area contributed by atoms with Crippen LogP contribution in [-0.2, 0) is 0 Å². The first-order valence-electron chi connectivity index (χ1n) is 7.20. The average Bonchev–Trinajstić information content (AvgIpc) is 3.38. The van der Waals surface area contributed by atoms with Crippen molar-refractivity contribution in [1.82, 2.24) is 9.97 Å². The van der Waals surface area contributed by atoms with Crippen molar-refractivity contribution >= 4 is 5.82 Å². The molecule has 2 fully saturated rings. The minimum absolute atomic E-state index is 0.557. The summed E-state index contributed by atoms with van der Waals surface area (Å²) in [5.41, 5.74) is 3.67. The number of aromatic nitrogens is 2. The number of anilines is 1. The summed E-state index contributed by atoms with van der Waals surface area (Å²) in [5.74, 6) is 10.4. The maximum Gasteiger partial charge on any atom is 0.197 e. The van der Waals surface area contributed by atoms with Gasteiger partial charge in [0.25, 0.3) is 0 Å². The van der Waals surface area contributed by atoms with Crippen LogP contribution in [0.4, 0.5) is 5.82 Å². The predicted octanol–water partition coefficient (Wildman–Crippen LogP) is 3.02. The van der Waals surface area contributed by atoms with E-state index in [1.54, 1.807) is 0 Å². The van der Waals surface area contributed by atoms with Gasteiger partial charge in [-0.3, -0.25) is 0 Å². The molecule has 5 heteroatoms. The topological polar surface area (TPSA) is 77.0 Å². The van der Waals surface area contributed by atoms with Crippen LogP contribution < -0.4 is 11.3 Å². The molecule has 0 saturated heterocycles. The molecule has 104 valence electrons. The molecule has 2 aromatic rings. The Morgan fingerprint density at radius 3 is 2.75 bits per heavy atom. The second kappa shape index (κ2) is 4.31. The molecule has 2 heterocycles. The monoisotopic (exact) mass is 270 g/mol. The molecule has 2 aliphatic carbocycles. The third-order valence-electron chi connectivity index (χ3n) is 4.21. The van der Waals surface area contributed by atoms with Crippen molar-refractivity contribution in [2.45, 2.75) is 38.0 Å². The van der Waals surface area contributed by atoms with Gasteiger partial charge in [0.05, 0.1) is 0 Å². The fourth-order valence-electron chi connectivity index (χ4n) is 2.63. The lowest BCUT2D eigenvalue weighted by Gasteiger charge is -2.05. The molecule has 0 aliphatic heterocycles. The van der Waals surface area contributed by atoms with Crippen molar-refractivity contribution in [2.75, 3.05) is 5.43 Å². The number of nitrogens with zero attached hydrogens (tertiary/aromatic N) is 2. The van der Waals surface area contributed by atoms with Gasteiger partial charge in [-0.1, -0.05) is 6.92 Å². The highest BCUT2D eigenvalue weighted by Gasteiger charge is 2.37. The Kier molecular flexibility index (Phi) is 2.57. The SMILES string of the molecule is CC1CC1c1ccc(-c2nc(NN)cc(C3CC3)n2)o1. The molecule has 2 unspecified atom stereocenters. The minimum Gasteiger partial charge on any atom is -0.457 e. The highest BCUT2D eigenvalue weighted by Crippen LogP contribution is 2.48. The van der Waals surface area contributed by atoms with Crippen molar-refractivity contribution < 1.29 is 4.42 Å². The van der Waals surface area contributed by atoms with Crippen LogP contribution in [0.25, 0.3) is 11.6 Å². The average molecular weight is 270 g/mol. The van der Waals surface area contributed by atoms with Crippen LogP contribution in [0, 0.1) is 5.92 Å². The Morgan fingerprint density at radius 2 is 2.10 bits per heavy atom. The number of hydrogen-bond donors (Lipinski definition) is 2. The first-order chi connectivity index (χ1) is 9.74. The van der Waals surface area contributed by atoms with E-state index in [-0.39, 0.29) is 0 Å². The molecule has 2 saturated carbocycles. The molecule has 2 aromatic heterocycles. The molecule has 0 radical (unpaired) electrons. The van der Waals surface area contributed by atoms with Crippen LogP contribution in [0.5, 0.6) is 0 Å². The number of furan rings is 1. The van der Waals surface area contributed by atoms with Gasteiger partial charge in [0.1, 0.15) is 11.6 Å². The first kappa shape index (κ1) is 11.9. The van der Waals surface area contributed by atoms with Gasteiger partial charge in [0.15, 0.2) is 11.6 Å². The normalized spacial score (nSPS) is 24.7. The third-order valence-corrected chi connectivity index (χ3v) is 4.21. The highest BCUT2D eigenvalue weighted by atomic mass is 16.3. The van der Waals surface area contributed by atoms with Crippen LogP contribution in [0.1, 0.15) is 49.5 Å². The molecular formula is C15H18N4O. The molecule has 20 heavy (non-hydrogen) atoms. The van der Waals surface area contributed by atoms with Gasteiger partial charge in [0, 0.05) is 23.6 Å². The summed E-state index contributed by atoms with van der Waals surface area (Å²) in [6.45, 7) is 2.24. The second-order valence-corrected chi connectivity index (χ2v) is 5.94. The van der Waals surface area contributed by atoms with Gasteiger partial charge in [-0.25, -0.2) is 15.8 Å². The molecule has 0 bridgehead atoms. The van der Waals surface area contributed by atoms with E-state index in [0.29, 0.717) is 23.5 Å². The van der Waals surface area contributed by atoms with E-state index in [0.717, 1.165) is 23.1 Å². The number of hydrogen-bond acceptors (Lipinski definition) is 5. The van der Waals surface area contributed by atoms with E-state index in [2.05, 4.69) is 22.3 Å². The Balaban J connectivity index is 1.69. The number of nitrogen functional groups attached to an aromatic ring is 1. The molecule has 0 aromatic carbocycles. The smallest absolute Gasteiger partial charge is 0.197 e. The number of nitrogens with two attached hydrogens (primary N) is 1. The molecule has 0 spiro atoms. The van der Waals surface area contributed by atoms with Crippen LogP contribution in [0.15, 0.2) is 22.6 Å². The summed E-state index contributed by atoms with van der Waals surface area (Å²) >= 11 is 0. The van der Waals surface area contributed by atoms with E-state index in [1.165, 1.54) is 19.3 Å². The molecule has 0 amide bonds. The van der Waals surface area contributed by atoms with Gasteiger partial charge < -0.3 is 9.84 Å². The Labute approximate surface area is 117 Å². The van der Waals surface area contributed by atoms with Crippen molar-refractivity contribution in [1.29, 1.82) is 0 Å². The Bertz CT molecular complexity index is 647. The summed E-state index contributed by atoms with van der Waals surface area (Å²) in [4.78, 5) is 9.03. The number of nitrogens with one attached hydrogen (secondary N) is 1. The lowest BCUT2D eigenvalue weighted by molar-refractivity contribution is 0.514. The Hall–Kier alpha value is -1.88. The fraction of sp³-hybridized carbons (Fsp3) is 0.467. The summed E-state index contributed by atoms with van der Waals surface area (Å²) < 4.78 is 5.93. The highest BCUT2D eigenvalue weighted by molar-refractivity contribution is 5.52. The fourth-order valence-corrected chi connectivity index (χ4v) is 2.63.